The highest BCUT2D eigenvalue weighted by atomic mass is 32.2. The average molecular weight is 276 g/mol. The number of ketones is 1. The maximum atomic E-state index is 12.6. The minimum atomic E-state index is 0.208. The first-order valence-electron chi connectivity index (χ1n) is 6.89. The Morgan fingerprint density at radius 1 is 1.11 bits per heavy atom. The van der Waals surface area contributed by atoms with Crippen LogP contribution in [-0.4, -0.2) is 23.1 Å². The van der Waals surface area contributed by atoms with E-state index in [-0.39, 0.29) is 18.5 Å². The third-order valence-corrected chi connectivity index (χ3v) is 5.94. The fourth-order valence-electron chi connectivity index (χ4n) is 3.36. The number of ether oxygens (including phenoxy) is 2. The number of benzene rings is 1. The van der Waals surface area contributed by atoms with Crippen molar-refractivity contribution in [2.45, 2.75) is 36.2 Å². The Labute approximate surface area is 116 Å². The molecule has 3 aliphatic rings. The molecule has 100 valence electrons. The molecule has 0 spiro atoms. The Bertz CT molecular complexity index is 516. The van der Waals surface area contributed by atoms with Gasteiger partial charge in [0.15, 0.2) is 17.3 Å². The third-order valence-electron chi connectivity index (χ3n) is 4.32. The molecule has 4 heteroatoms. The molecule has 2 atom stereocenters. The van der Waals surface area contributed by atoms with E-state index < -0.39 is 0 Å². The third kappa shape index (κ3) is 2.02. The molecule has 1 aromatic rings. The van der Waals surface area contributed by atoms with Crippen LogP contribution in [-0.2, 0) is 0 Å². The molecule has 4 rings (SSSR count). The van der Waals surface area contributed by atoms with Crippen molar-refractivity contribution in [3.8, 4) is 11.5 Å². The van der Waals surface area contributed by atoms with Crippen LogP contribution in [0.4, 0.5) is 0 Å². The second-order valence-electron chi connectivity index (χ2n) is 5.56. The molecule has 0 radical (unpaired) electrons. The normalized spacial score (nSPS) is 31.5. The minimum absolute atomic E-state index is 0.208. The molecular formula is C15H16O3S. The lowest BCUT2D eigenvalue weighted by atomic mass is 9.90. The fraction of sp³-hybridized carbons (Fsp3) is 0.533. The van der Waals surface area contributed by atoms with E-state index in [1.54, 1.807) is 0 Å². The second-order valence-corrected chi connectivity index (χ2v) is 7.16. The first kappa shape index (κ1) is 11.6. The molecule has 0 aromatic heterocycles. The van der Waals surface area contributed by atoms with Crippen molar-refractivity contribution < 1.29 is 14.3 Å². The summed E-state index contributed by atoms with van der Waals surface area (Å²) in [5.74, 6) is 1.95. The summed E-state index contributed by atoms with van der Waals surface area (Å²) in [6, 6.07) is 5.57. The number of fused-ring (bicyclic) bond motifs is 3. The molecular weight excluding hydrogens is 260 g/mol. The lowest BCUT2D eigenvalue weighted by molar-refractivity contribution is 0.0906. The van der Waals surface area contributed by atoms with Gasteiger partial charge in [-0.25, -0.2) is 0 Å². The molecule has 0 N–H and O–H groups in total. The second kappa shape index (κ2) is 4.44. The van der Waals surface area contributed by atoms with Crippen LogP contribution >= 0.6 is 11.8 Å². The Hall–Kier alpha value is -1.16. The summed E-state index contributed by atoms with van der Waals surface area (Å²) < 4.78 is 10.6. The van der Waals surface area contributed by atoms with E-state index in [9.17, 15) is 4.79 Å². The number of carbonyl (C=O) groups is 1. The van der Waals surface area contributed by atoms with E-state index in [1.165, 1.54) is 12.8 Å². The van der Waals surface area contributed by atoms with Gasteiger partial charge in [-0.3, -0.25) is 4.79 Å². The molecule has 2 unspecified atom stereocenters. The number of hydrogen-bond acceptors (Lipinski definition) is 4. The number of Topliss-reactive ketones (excluding diaryl/α,β-unsaturated/α-hetero) is 1. The fourth-order valence-corrected chi connectivity index (χ4v) is 5.13. The van der Waals surface area contributed by atoms with Crippen LogP contribution in [0.15, 0.2) is 18.2 Å². The predicted molar refractivity (Wildman–Crippen MR) is 74.0 cm³/mol. The first-order chi connectivity index (χ1) is 9.29. The Kier molecular flexibility index (Phi) is 2.72. The van der Waals surface area contributed by atoms with Gasteiger partial charge >= 0.3 is 0 Å². The van der Waals surface area contributed by atoms with Gasteiger partial charge in [-0.2, -0.15) is 11.8 Å². The molecule has 3 aliphatic heterocycles. The Morgan fingerprint density at radius 2 is 1.84 bits per heavy atom. The zero-order chi connectivity index (χ0) is 12.8. The van der Waals surface area contributed by atoms with E-state index >= 15 is 0 Å². The van der Waals surface area contributed by atoms with Crippen LogP contribution in [0.25, 0.3) is 0 Å². The molecule has 2 bridgehead atoms. The summed E-state index contributed by atoms with van der Waals surface area (Å²) >= 11 is 2.09. The summed E-state index contributed by atoms with van der Waals surface area (Å²) in [4.78, 5) is 12.6. The maximum absolute atomic E-state index is 12.6. The molecule has 0 aliphatic carbocycles. The van der Waals surface area contributed by atoms with Gasteiger partial charge in [0.2, 0.25) is 6.79 Å². The highest BCUT2D eigenvalue weighted by molar-refractivity contribution is 8.00. The van der Waals surface area contributed by atoms with Gasteiger partial charge in [0, 0.05) is 22.0 Å². The van der Waals surface area contributed by atoms with Crippen LogP contribution in [0.5, 0.6) is 11.5 Å². The largest absolute Gasteiger partial charge is 0.454 e. The van der Waals surface area contributed by atoms with Gasteiger partial charge in [0.05, 0.1) is 0 Å². The molecule has 0 amide bonds. The van der Waals surface area contributed by atoms with Gasteiger partial charge in [-0.05, 0) is 43.9 Å². The summed E-state index contributed by atoms with van der Waals surface area (Å²) in [6.45, 7) is 0.261. The molecule has 2 saturated heterocycles. The monoisotopic (exact) mass is 276 g/mol. The van der Waals surface area contributed by atoms with Gasteiger partial charge < -0.3 is 9.47 Å². The average Bonchev–Trinajstić information content (AvgIpc) is 3.03. The topological polar surface area (TPSA) is 35.5 Å². The zero-order valence-electron chi connectivity index (χ0n) is 10.6. The van der Waals surface area contributed by atoms with E-state index in [1.807, 2.05) is 18.2 Å². The van der Waals surface area contributed by atoms with Crippen LogP contribution in [0.3, 0.4) is 0 Å². The number of carbonyl (C=O) groups excluding carboxylic acids is 1. The summed E-state index contributed by atoms with van der Waals surface area (Å²) in [6.07, 6.45) is 4.68. The highest BCUT2D eigenvalue weighted by Gasteiger charge is 2.38. The van der Waals surface area contributed by atoms with Crippen LogP contribution in [0.2, 0.25) is 0 Å². The summed E-state index contributed by atoms with van der Waals surface area (Å²) in [7, 11) is 0. The lowest BCUT2D eigenvalue weighted by Gasteiger charge is -2.26. The SMILES string of the molecule is O=C(c1ccc2c(c1)OCO2)C1CC2CCC(C1)S2. The number of hydrogen-bond donors (Lipinski definition) is 0. The van der Waals surface area contributed by atoms with Crippen molar-refractivity contribution in [3.63, 3.8) is 0 Å². The van der Waals surface area contributed by atoms with Gasteiger partial charge in [-0.1, -0.05) is 0 Å². The van der Waals surface area contributed by atoms with Crippen LogP contribution < -0.4 is 9.47 Å². The Morgan fingerprint density at radius 3 is 2.63 bits per heavy atom. The van der Waals surface area contributed by atoms with E-state index in [0.717, 1.165) is 24.2 Å². The molecule has 1 aromatic carbocycles. The maximum Gasteiger partial charge on any atom is 0.231 e. The first-order valence-corrected chi connectivity index (χ1v) is 7.83. The molecule has 3 heterocycles. The smallest absolute Gasteiger partial charge is 0.231 e. The van der Waals surface area contributed by atoms with E-state index in [0.29, 0.717) is 16.2 Å². The van der Waals surface area contributed by atoms with E-state index in [4.69, 9.17) is 9.47 Å². The number of thioether (sulfide) groups is 1. The minimum Gasteiger partial charge on any atom is -0.454 e. The van der Waals surface area contributed by atoms with Crippen molar-refractivity contribution >= 4 is 17.5 Å². The van der Waals surface area contributed by atoms with Crippen molar-refractivity contribution in [1.29, 1.82) is 0 Å². The van der Waals surface area contributed by atoms with Crippen LogP contribution in [0, 0.1) is 5.92 Å². The summed E-state index contributed by atoms with van der Waals surface area (Å²) in [5, 5.41) is 1.42. The molecule has 19 heavy (non-hydrogen) atoms. The van der Waals surface area contributed by atoms with Crippen LogP contribution in [0.1, 0.15) is 36.0 Å². The van der Waals surface area contributed by atoms with Crippen molar-refractivity contribution in [2.24, 2.45) is 5.92 Å². The van der Waals surface area contributed by atoms with Crippen molar-refractivity contribution in [2.75, 3.05) is 6.79 Å². The zero-order valence-corrected chi connectivity index (χ0v) is 11.4. The molecule has 0 saturated carbocycles. The van der Waals surface area contributed by atoms with Gasteiger partial charge in [0.1, 0.15) is 0 Å². The molecule has 3 nitrogen and oxygen atoms in total. The van der Waals surface area contributed by atoms with Crippen molar-refractivity contribution in [3.05, 3.63) is 23.8 Å². The summed E-state index contributed by atoms with van der Waals surface area (Å²) in [5.41, 5.74) is 0.778. The quantitative estimate of drug-likeness (QED) is 0.777. The predicted octanol–water partition coefficient (Wildman–Crippen LogP) is 3.27. The Balaban J connectivity index is 1.57. The number of rotatable bonds is 2. The van der Waals surface area contributed by atoms with Gasteiger partial charge in [0.25, 0.3) is 0 Å². The molecule has 2 fully saturated rings. The lowest BCUT2D eigenvalue weighted by Crippen LogP contribution is -2.24. The standard InChI is InChI=1S/C15H16O3S/c16-15(10-5-11-2-3-12(6-10)19-11)9-1-4-13-14(7-9)18-8-17-13/h1,4,7,10-12H,2-3,5-6,8H2. The highest BCUT2D eigenvalue weighted by Crippen LogP contribution is 2.46. The van der Waals surface area contributed by atoms with Crippen molar-refractivity contribution in [1.82, 2.24) is 0 Å². The van der Waals surface area contributed by atoms with E-state index in [2.05, 4.69) is 11.8 Å². The van der Waals surface area contributed by atoms with Gasteiger partial charge in [-0.15, -0.1) is 0 Å².